The molecule has 0 fully saturated rings. The van der Waals surface area contributed by atoms with Crippen LogP contribution in [0.15, 0.2) is 506 Å². The number of benzene rings is 21. The first-order chi connectivity index (χ1) is 73.7. The summed E-state index contributed by atoms with van der Waals surface area (Å²) in [6, 6.07) is 143. The monoisotopic (exact) mass is 1940 g/mol. The zero-order chi connectivity index (χ0) is 99.9. The van der Waals surface area contributed by atoms with Gasteiger partial charge in [0, 0.05) is 86.8 Å². The van der Waals surface area contributed by atoms with Gasteiger partial charge >= 0.3 is 39.4 Å². The second kappa shape index (κ2) is 33.7. The second-order valence-electron chi connectivity index (χ2n) is 37.9. The molecule has 0 saturated carbocycles. The molecule has 150 heavy (non-hydrogen) atoms. The summed E-state index contributed by atoms with van der Waals surface area (Å²) < 4.78 is 50.5. The Morgan fingerprint density at radius 1 is 0.113 bits per heavy atom. The summed E-state index contributed by atoms with van der Waals surface area (Å²) in [6.07, 6.45) is 0. The van der Waals surface area contributed by atoms with Crippen molar-refractivity contribution in [2.75, 3.05) is 0 Å². The molecule has 0 radical (unpaired) electrons. The molecular weight excluding hydrogens is 1870 g/mol. The Morgan fingerprint density at radius 3 is 0.620 bits per heavy atom. The van der Waals surface area contributed by atoms with Crippen LogP contribution in [0.3, 0.4) is 0 Å². The van der Waals surface area contributed by atoms with Crippen LogP contribution in [0.2, 0.25) is 0 Å². The molecule has 31 aromatic rings. The van der Waals surface area contributed by atoms with Gasteiger partial charge in [-0.05, 0) is 287 Å². The smallest absolute Gasteiger partial charge is 0.344 e. The Hall–Kier alpha value is -20.7. The molecule has 0 aliphatic heterocycles. The molecule has 0 atom stereocenters. The molecule has 0 bridgehead atoms. The van der Waals surface area contributed by atoms with E-state index in [2.05, 4.69) is 130 Å². The molecule has 10 heterocycles. The van der Waals surface area contributed by atoms with Gasteiger partial charge < -0.3 is 44.5 Å². The quantitative estimate of drug-likeness (QED) is 0.102. The fraction of sp³-hybridized carbons (Fsp3) is 0. The first kappa shape index (κ1) is 86.0. The molecule has 17 nitrogen and oxygen atoms in total. The second-order valence-corrected chi connectivity index (χ2v) is 37.9. The molecule has 0 amide bonds. The molecule has 0 aliphatic rings. The Labute approximate surface area is 844 Å². The highest BCUT2D eigenvalue weighted by molar-refractivity contribution is 6.18. The van der Waals surface area contributed by atoms with Crippen molar-refractivity contribution in [3.8, 4) is 78.1 Å². The van der Waals surface area contributed by atoms with E-state index >= 15 is 0 Å². The lowest BCUT2D eigenvalue weighted by atomic mass is 9.97. The SMILES string of the molecule is O=c1oc2cc(-c3ccc4oc5ccc(-c6ccc7c(c6)oc(=O)c6ccccc67)cc5c4c3)ccc2c2ccccc12.O=c1oc2ccccc2c2ccc(-c3ccc4c(c3)c3cc(-c5ccc6c(c5)c(=O)oc5ccccc56)ccc3n4-c3ccc4c(c3)c(=O)oc3ccccc34)cc12.O=c1oc2ccccc2c2ccc(-c3ccc4c(c3)c3cc(-c5ccc6c(c5)c(=O)oc5ccccc56)ccc3n4-c3ccccc3)cc12. The van der Waals surface area contributed by atoms with Gasteiger partial charge in [-0.1, -0.05) is 249 Å². The zero-order valence-corrected chi connectivity index (χ0v) is 79.1. The van der Waals surface area contributed by atoms with E-state index < -0.39 is 5.63 Å². The van der Waals surface area contributed by atoms with Gasteiger partial charge in [0.05, 0.1) is 59.8 Å². The number of fused-ring (bicyclic) bond motifs is 30. The average molecular weight is 1940 g/mol. The van der Waals surface area contributed by atoms with Gasteiger partial charge in [-0.3, -0.25) is 0 Å². The number of nitrogens with zero attached hydrogens (tertiary/aromatic N) is 2. The first-order valence-corrected chi connectivity index (χ1v) is 49.1. The van der Waals surface area contributed by atoms with Crippen LogP contribution in [0.5, 0.6) is 0 Å². The minimum Gasteiger partial charge on any atom is -0.456 e. The van der Waals surface area contributed by atoms with Gasteiger partial charge in [-0.25, -0.2) is 33.6 Å². The van der Waals surface area contributed by atoms with Gasteiger partial charge in [0.15, 0.2) is 0 Å². The standard InChI is InChI=1S/C51H27NO6.C44H25NO4.C38H20O5/c53-49-41-25-28(13-18-33(41)36-7-1-4-10-46(36)56-49)30-15-21-44-39(23-30)40-24-31(29-14-19-34-37-8-2-5-11-47(37)57-50(54)42(34)26-29)16-22-45(40)52(44)32-17-20-35-38-9-3-6-12-48(38)58-51(55)43(35)27-32;46-43-37-24-26(14-18-31(37)33-10-4-6-12-41(33)48-43)28-16-20-39-35(22-28)36-23-29(17-21-40(36)45(39)30-8-2-1-3-9-30)27-15-19-32-34-11-5-7-13-42(34)49-44(47)38(32)25-27;39-37-29-7-3-1-5-25(29)27-13-9-23(19-35(27)42-37)21-11-15-33-31(17-21)32-18-22(12-16-34(32)41-33)24-10-14-28-26-6-2-4-8-30(26)38(40)43-36(28)20-24/h1-27H;1-25H;1-20H. The Morgan fingerprint density at radius 2 is 0.307 bits per heavy atom. The minimum atomic E-state index is -0.400. The number of para-hydroxylation sites is 6. The third kappa shape index (κ3) is 14.0. The molecule has 0 spiro atoms. The summed E-state index contributed by atoms with van der Waals surface area (Å²) in [5.41, 5.74) is 20.1. The van der Waals surface area contributed by atoms with E-state index in [4.69, 9.17) is 35.3 Å². The Bertz CT molecular complexity index is 11300. The third-order valence-corrected chi connectivity index (χ3v) is 29.6. The van der Waals surface area contributed by atoms with Gasteiger partial charge in [0.1, 0.15) is 50.2 Å². The van der Waals surface area contributed by atoms with Crippen LogP contribution in [0.25, 0.3) is 296 Å². The van der Waals surface area contributed by atoms with Gasteiger partial charge in [0.25, 0.3) is 0 Å². The maximum absolute atomic E-state index is 13.4. The summed E-state index contributed by atoms with van der Waals surface area (Å²) >= 11 is 0. The number of rotatable bonds is 8. The van der Waals surface area contributed by atoms with Crippen molar-refractivity contribution in [3.05, 3.63) is 510 Å². The van der Waals surface area contributed by atoms with Crippen molar-refractivity contribution in [2.24, 2.45) is 0 Å². The van der Waals surface area contributed by atoms with Crippen LogP contribution in [0.4, 0.5) is 0 Å². The van der Waals surface area contributed by atoms with Crippen molar-refractivity contribution >= 4 is 218 Å². The van der Waals surface area contributed by atoms with Crippen LogP contribution in [-0.4, -0.2) is 9.13 Å². The summed E-state index contributed by atoms with van der Waals surface area (Å²) in [4.78, 5) is 91.2. The van der Waals surface area contributed by atoms with Gasteiger partial charge in [-0.2, -0.15) is 0 Å². The van der Waals surface area contributed by atoms with Crippen molar-refractivity contribution in [2.45, 2.75) is 0 Å². The molecular formula is C133H72N2O15. The number of furan rings is 1. The van der Waals surface area contributed by atoms with E-state index in [0.29, 0.717) is 76.8 Å². The zero-order valence-electron chi connectivity index (χ0n) is 79.1. The first-order valence-electron chi connectivity index (χ1n) is 49.1. The fourth-order valence-electron chi connectivity index (χ4n) is 22.4. The van der Waals surface area contributed by atoms with Crippen LogP contribution in [0, 0.1) is 0 Å². The average Bonchev–Trinajstić information content (AvgIpc) is 1.57. The summed E-state index contributed by atoms with van der Waals surface area (Å²) in [5, 5.41) is 22.1. The molecule has 0 saturated heterocycles. The van der Waals surface area contributed by atoms with E-state index in [1.54, 1.807) is 30.3 Å². The van der Waals surface area contributed by atoms with Gasteiger partial charge in [0.2, 0.25) is 0 Å². The fourth-order valence-corrected chi connectivity index (χ4v) is 22.4. The largest absolute Gasteiger partial charge is 0.456 e. The van der Waals surface area contributed by atoms with Crippen LogP contribution >= 0.6 is 0 Å². The summed E-state index contributed by atoms with van der Waals surface area (Å²) in [6.45, 7) is 0. The molecule has 10 aromatic heterocycles. The van der Waals surface area contributed by atoms with E-state index in [1.165, 1.54) is 0 Å². The molecule has 17 heteroatoms. The van der Waals surface area contributed by atoms with Gasteiger partial charge in [-0.15, -0.1) is 0 Å². The Kier molecular flexibility index (Phi) is 19.3. The summed E-state index contributed by atoms with van der Waals surface area (Å²) in [7, 11) is 0. The third-order valence-electron chi connectivity index (χ3n) is 29.6. The van der Waals surface area contributed by atoms with E-state index in [0.717, 1.165) is 219 Å². The predicted molar refractivity (Wildman–Crippen MR) is 603 cm³/mol. The number of aromatic nitrogens is 2. The van der Waals surface area contributed by atoms with Crippen LogP contribution < -0.4 is 39.4 Å². The lowest BCUT2D eigenvalue weighted by Crippen LogP contribution is -2.02. The molecule has 31 rings (SSSR count). The highest BCUT2D eigenvalue weighted by Crippen LogP contribution is 2.46. The Balaban J connectivity index is 0.000000107. The normalized spacial score (nSPS) is 11.9. The highest BCUT2D eigenvalue weighted by atomic mass is 16.4. The lowest BCUT2D eigenvalue weighted by molar-refractivity contribution is 0.569. The van der Waals surface area contributed by atoms with E-state index in [-0.39, 0.29) is 33.8 Å². The molecule has 0 unspecified atom stereocenters. The van der Waals surface area contributed by atoms with Crippen LogP contribution in [0.1, 0.15) is 0 Å². The maximum Gasteiger partial charge on any atom is 0.344 e. The predicted octanol–water partition coefficient (Wildman–Crippen LogP) is 32.0. The lowest BCUT2D eigenvalue weighted by Gasteiger charge is -2.11. The summed E-state index contributed by atoms with van der Waals surface area (Å²) in [5.74, 6) is 0. The minimum absolute atomic E-state index is 0.342. The number of hydrogen-bond acceptors (Lipinski definition) is 15. The van der Waals surface area contributed by atoms with E-state index in [9.17, 15) is 33.6 Å². The number of hydrogen-bond donors (Lipinski definition) is 0. The van der Waals surface area contributed by atoms with Crippen molar-refractivity contribution < 1.29 is 35.3 Å². The molecule has 0 aliphatic carbocycles. The molecule has 0 N–H and O–H groups in total. The van der Waals surface area contributed by atoms with Crippen molar-refractivity contribution in [1.29, 1.82) is 0 Å². The topological polar surface area (TPSA) is 234 Å². The maximum atomic E-state index is 13.4. The van der Waals surface area contributed by atoms with Crippen molar-refractivity contribution in [3.63, 3.8) is 0 Å². The molecule has 704 valence electrons. The highest BCUT2D eigenvalue weighted by Gasteiger charge is 2.25. The van der Waals surface area contributed by atoms with Crippen LogP contribution in [-0.2, 0) is 0 Å². The van der Waals surface area contributed by atoms with E-state index in [1.807, 2.05) is 285 Å². The van der Waals surface area contributed by atoms with Crippen molar-refractivity contribution in [1.82, 2.24) is 9.13 Å². The molecule has 21 aromatic carbocycles.